The van der Waals surface area contributed by atoms with Gasteiger partial charge in [-0.1, -0.05) is 45.0 Å². The second kappa shape index (κ2) is 4.09. The number of methoxy groups -OCH3 is 1. The summed E-state index contributed by atoms with van der Waals surface area (Å²) in [5.41, 5.74) is 1.89. The third-order valence-corrected chi connectivity index (χ3v) is 3.55. The van der Waals surface area contributed by atoms with Gasteiger partial charge in [0.05, 0.1) is 7.11 Å². The molecule has 0 amide bonds. The van der Waals surface area contributed by atoms with E-state index in [4.69, 9.17) is 9.47 Å². The van der Waals surface area contributed by atoms with Crippen molar-refractivity contribution in [1.29, 1.82) is 0 Å². The number of epoxide rings is 1. The van der Waals surface area contributed by atoms with Gasteiger partial charge in [-0.2, -0.15) is 0 Å². The quantitative estimate of drug-likeness (QED) is 0.596. The van der Waals surface area contributed by atoms with E-state index in [0.29, 0.717) is 0 Å². The minimum absolute atomic E-state index is 0.131. The highest BCUT2D eigenvalue weighted by Crippen LogP contribution is 2.46. The van der Waals surface area contributed by atoms with Crippen molar-refractivity contribution >= 4 is 5.97 Å². The maximum atomic E-state index is 11.4. The Morgan fingerprint density at radius 1 is 1.28 bits per heavy atom. The van der Waals surface area contributed by atoms with Gasteiger partial charge in [0, 0.05) is 0 Å². The van der Waals surface area contributed by atoms with Gasteiger partial charge in [0.2, 0.25) is 0 Å². The molecule has 1 aliphatic heterocycles. The summed E-state index contributed by atoms with van der Waals surface area (Å²) in [6, 6.07) is 8.25. The highest BCUT2D eigenvalue weighted by Gasteiger charge is 2.59. The SMILES string of the molecule is COC(=O)C1OC1(C)c1ccc(C(C)(C)C)cc1. The smallest absolute Gasteiger partial charge is 0.338 e. The van der Waals surface area contributed by atoms with E-state index in [2.05, 4.69) is 32.9 Å². The maximum absolute atomic E-state index is 11.4. The largest absolute Gasteiger partial charge is 0.467 e. The van der Waals surface area contributed by atoms with Gasteiger partial charge < -0.3 is 9.47 Å². The third-order valence-electron chi connectivity index (χ3n) is 3.55. The molecule has 0 aromatic heterocycles. The van der Waals surface area contributed by atoms with Crippen LogP contribution in [-0.4, -0.2) is 19.2 Å². The van der Waals surface area contributed by atoms with E-state index in [9.17, 15) is 4.79 Å². The number of carbonyl (C=O) groups excluding carboxylic acids is 1. The fourth-order valence-electron chi connectivity index (χ4n) is 2.11. The molecule has 0 N–H and O–H groups in total. The van der Waals surface area contributed by atoms with Crippen LogP contribution in [0.1, 0.15) is 38.8 Å². The molecule has 3 nitrogen and oxygen atoms in total. The third kappa shape index (κ3) is 2.15. The van der Waals surface area contributed by atoms with Gasteiger partial charge in [0.1, 0.15) is 5.60 Å². The van der Waals surface area contributed by atoms with Crippen molar-refractivity contribution in [3.05, 3.63) is 35.4 Å². The molecular formula is C15H20O3. The molecule has 0 spiro atoms. The number of benzene rings is 1. The summed E-state index contributed by atoms with van der Waals surface area (Å²) in [6.45, 7) is 8.44. The van der Waals surface area contributed by atoms with Gasteiger partial charge in [-0.25, -0.2) is 4.79 Å². The molecule has 1 aromatic rings. The normalized spacial score (nSPS) is 26.8. The first-order valence-electron chi connectivity index (χ1n) is 6.16. The average Bonchev–Trinajstić information content (AvgIpc) is 3.01. The molecule has 1 heterocycles. The standard InChI is InChI=1S/C15H20O3/c1-14(2,3)10-6-8-11(9-7-10)15(4)12(18-15)13(16)17-5/h6-9,12H,1-5H3. The predicted molar refractivity (Wildman–Crippen MR) is 69.4 cm³/mol. The summed E-state index contributed by atoms with van der Waals surface area (Å²) in [6.07, 6.45) is -0.469. The Morgan fingerprint density at radius 3 is 2.28 bits per heavy atom. The molecular weight excluding hydrogens is 228 g/mol. The number of hydrogen-bond donors (Lipinski definition) is 0. The molecule has 2 unspecified atom stereocenters. The van der Waals surface area contributed by atoms with Crippen molar-refractivity contribution in [3.8, 4) is 0 Å². The predicted octanol–water partition coefficient (Wildman–Crippen LogP) is 2.77. The van der Waals surface area contributed by atoms with Crippen molar-refractivity contribution < 1.29 is 14.3 Å². The van der Waals surface area contributed by atoms with E-state index >= 15 is 0 Å². The Bertz CT molecular complexity index is 456. The molecule has 2 rings (SSSR count). The molecule has 0 aliphatic carbocycles. The number of hydrogen-bond acceptors (Lipinski definition) is 3. The lowest BCUT2D eigenvalue weighted by atomic mass is 9.85. The van der Waals surface area contributed by atoms with Gasteiger partial charge in [-0.05, 0) is 23.5 Å². The van der Waals surface area contributed by atoms with Crippen LogP contribution in [0.15, 0.2) is 24.3 Å². The van der Waals surface area contributed by atoms with E-state index < -0.39 is 11.7 Å². The summed E-state index contributed by atoms with van der Waals surface area (Å²) >= 11 is 0. The summed E-state index contributed by atoms with van der Waals surface area (Å²) in [4.78, 5) is 11.4. The van der Waals surface area contributed by atoms with Crippen LogP contribution >= 0.6 is 0 Å². The summed E-state index contributed by atoms with van der Waals surface area (Å²) in [7, 11) is 1.38. The van der Waals surface area contributed by atoms with E-state index in [1.807, 2.05) is 19.1 Å². The molecule has 0 bridgehead atoms. The zero-order valence-corrected chi connectivity index (χ0v) is 11.6. The first kappa shape index (κ1) is 13.1. The van der Waals surface area contributed by atoms with Crippen LogP contribution in [0, 0.1) is 0 Å². The number of ether oxygens (including phenoxy) is 2. The Hall–Kier alpha value is -1.35. The molecule has 1 fully saturated rings. The first-order chi connectivity index (χ1) is 8.29. The zero-order valence-electron chi connectivity index (χ0n) is 11.6. The van der Waals surface area contributed by atoms with Crippen LogP contribution < -0.4 is 0 Å². The summed E-state index contributed by atoms with van der Waals surface area (Å²) in [5, 5.41) is 0. The molecule has 2 atom stereocenters. The fourth-order valence-corrected chi connectivity index (χ4v) is 2.11. The monoisotopic (exact) mass is 248 g/mol. The van der Waals surface area contributed by atoms with Crippen LogP contribution in [0.5, 0.6) is 0 Å². The highest BCUT2D eigenvalue weighted by atomic mass is 16.6. The second-order valence-corrected chi connectivity index (χ2v) is 5.96. The van der Waals surface area contributed by atoms with Crippen LogP contribution in [0.25, 0.3) is 0 Å². The van der Waals surface area contributed by atoms with E-state index in [-0.39, 0.29) is 11.4 Å². The zero-order chi connectivity index (χ0) is 13.6. The lowest BCUT2D eigenvalue weighted by Crippen LogP contribution is -2.18. The maximum Gasteiger partial charge on any atom is 0.338 e. The molecule has 3 heteroatoms. The Morgan fingerprint density at radius 2 is 1.83 bits per heavy atom. The minimum atomic E-state index is -0.524. The van der Waals surface area contributed by atoms with Crippen molar-refractivity contribution in [3.63, 3.8) is 0 Å². The Labute approximate surface area is 108 Å². The molecule has 0 radical (unpaired) electrons. The minimum Gasteiger partial charge on any atom is -0.467 e. The molecule has 1 aliphatic rings. The van der Waals surface area contributed by atoms with Crippen LogP contribution in [0.3, 0.4) is 0 Å². The van der Waals surface area contributed by atoms with Gasteiger partial charge in [0.15, 0.2) is 6.10 Å². The van der Waals surface area contributed by atoms with Gasteiger partial charge in [-0.15, -0.1) is 0 Å². The lowest BCUT2D eigenvalue weighted by molar-refractivity contribution is -0.142. The topological polar surface area (TPSA) is 38.8 Å². The van der Waals surface area contributed by atoms with Crippen LogP contribution in [0.4, 0.5) is 0 Å². The molecule has 98 valence electrons. The van der Waals surface area contributed by atoms with E-state index in [1.54, 1.807) is 0 Å². The fraction of sp³-hybridized carbons (Fsp3) is 0.533. The second-order valence-electron chi connectivity index (χ2n) is 5.96. The molecule has 1 saturated heterocycles. The van der Waals surface area contributed by atoms with Gasteiger partial charge >= 0.3 is 5.97 Å². The van der Waals surface area contributed by atoms with Gasteiger partial charge in [-0.3, -0.25) is 0 Å². The lowest BCUT2D eigenvalue weighted by Gasteiger charge is -2.19. The first-order valence-corrected chi connectivity index (χ1v) is 6.16. The number of esters is 1. The Balaban J connectivity index is 2.20. The number of rotatable bonds is 2. The van der Waals surface area contributed by atoms with Gasteiger partial charge in [0.25, 0.3) is 0 Å². The van der Waals surface area contributed by atoms with Crippen molar-refractivity contribution in [2.24, 2.45) is 0 Å². The van der Waals surface area contributed by atoms with Crippen molar-refractivity contribution in [1.82, 2.24) is 0 Å². The van der Waals surface area contributed by atoms with Crippen LogP contribution in [0.2, 0.25) is 0 Å². The number of carbonyl (C=O) groups is 1. The molecule has 0 saturated carbocycles. The van der Waals surface area contributed by atoms with Crippen molar-refractivity contribution in [2.45, 2.75) is 44.8 Å². The molecule has 1 aromatic carbocycles. The summed E-state index contributed by atoms with van der Waals surface area (Å²) in [5.74, 6) is -0.308. The highest BCUT2D eigenvalue weighted by molar-refractivity contribution is 5.79. The average molecular weight is 248 g/mol. The summed E-state index contributed by atoms with van der Waals surface area (Å²) < 4.78 is 10.2. The van der Waals surface area contributed by atoms with E-state index in [1.165, 1.54) is 12.7 Å². The Kier molecular flexibility index (Phi) is 2.98. The van der Waals surface area contributed by atoms with E-state index in [0.717, 1.165) is 5.56 Å². The molecule has 18 heavy (non-hydrogen) atoms. The van der Waals surface area contributed by atoms with Crippen molar-refractivity contribution in [2.75, 3.05) is 7.11 Å². The van der Waals surface area contributed by atoms with Crippen LogP contribution in [-0.2, 0) is 25.3 Å².